The van der Waals surface area contributed by atoms with Crippen molar-refractivity contribution in [2.45, 2.75) is 18.9 Å². The van der Waals surface area contributed by atoms with Crippen molar-refractivity contribution in [2.24, 2.45) is 0 Å². The zero-order chi connectivity index (χ0) is 18.4. The summed E-state index contributed by atoms with van der Waals surface area (Å²) in [6.07, 6.45) is 1.83. The Hall–Kier alpha value is -2.76. The molecule has 0 radical (unpaired) electrons. The monoisotopic (exact) mass is 358 g/mol. The summed E-state index contributed by atoms with van der Waals surface area (Å²) in [5.74, 6) is 0.810. The third-order valence-corrected chi connectivity index (χ3v) is 4.39. The van der Waals surface area contributed by atoms with Crippen molar-refractivity contribution in [1.82, 2.24) is 4.90 Å². The van der Waals surface area contributed by atoms with Gasteiger partial charge >= 0.3 is 0 Å². The van der Waals surface area contributed by atoms with E-state index in [-0.39, 0.29) is 24.4 Å². The van der Waals surface area contributed by atoms with Crippen molar-refractivity contribution >= 4 is 11.6 Å². The Balaban J connectivity index is 1.54. The number of piperidine rings is 1. The number of methoxy groups -OCH3 is 1. The lowest BCUT2D eigenvalue weighted by Crippen LogP contribution is -2.46. The molecule has 3 rings (SSSR count). The van der Waals surface area contributed by atoms with E-state index in [1.807, 2.05) is 18.2 Å². The predicted octanol–water partition coefficient (Wildman–Crippen LogP) is 3.32. The molecule has 1 aliphatic rings. The van der Waals surface area contributed by atoms with Gasteiger partial charge in [-0.15, -0.1) is 0 Å². The first-order chi connectivity index (χ1) is 12.7. The van der Waals surface area contributed by atoms with Crippen LogP contribution in [0.15, 0.2) is 48.5 Å². The average molecular weight is 358 g/mol. The second-order valence-corrected chi connectivity index (χ2v) is 6.27. The Morgan fingerprint density at radius 2 is 2.04 bits per heavy atom. The molecule has 0 spiro atoms. The molecule has 1 fully saturated rings. The Bertz CT molecular complexity index is 753. The minimum Gasteiger partial charge on any atom is -0.493 e. The van der Waals surface area contributed by atoms with Crippen LogP contribution >= 0.6 is 0 Å². The van der Waals surface area contributed by atoms with Crippen LogP contribution in [-0.4, -0.2) is 43.7 Å². The largest absolute Gasteiger partial charge is 0.493 e. The standard InChI is InChI=1S/C20H23FN2O3/c1-25-18-9-2-3-10-19(18)26-14-20(24)23-11-5-8-17(13-23)22-16-7-4-6-15(21)12-16/h2-4,6-7,9-10,12,17,22H,5,8,11,13-14H2,1H3/t17-/m1/s1. The molecule has 2 aromatic carbocycles. The molecule has 2 aromatic rings. The lowest BCUT2D eigenvalue weighted by Gasteiger charge is -2.33. The fourth-order valence-electron chi connectivity index (χ4n) is 3.10. The summed E-state index contributed by atoms with van der Waals surface area (Å²) in [7, 11) is 1.57. The molecule has 0 aromatic heterocycles. The van der Waals surface area contributed by atoms with Gasteiger partial charge in [0.1, 0.15) is 5.82 Å². The highest BCUT2D eigenvalue weighted by atomic mass is 19.1. The van der Waals surface area contributed by atoms with E-state index in [0.29, 0.717) is 24.6 Å². The molecule has 5 nitrogen and oxygen atoms in total. The maximum Gasteiger partial charge on any atom is 0.260 e. The molecule has 6 heteroatoms. The number of nitrogens with one attached hydrogen (secondary N) is 1. The van der Waals surface area contributed by atoms with Gasteiger partial charge in [0.25, 0.3) is 5.91 Å². The lowest BCUT2D eigenvalue weighted by atomic mass is 10.1. The first-order valence-corrected chi connectivity index (χ1v) is 8.71. The summed E-state index contributed by atoms with van der Waals surface area (Å²) in [5.41, 5.74) is 0.731. The van der Waals surface area contributed by atoms with Gasteiger partial charge in [0.2, 0.25) is 0 Å². The minimum atomic E-state index is -0.274. The minimum absolute atomic E-state index is 0.0347. The molecular formula is C20H23FN2O3. The van der Waals surface area contributed by atoms with Crippen LogP contribution < -0.4 is 14.8 Å². The van der Waals surface area contributed by atoms with E-state index in [2.05, 4.69) is 5.32 Å². The molecule has 1 heterocycles. The number of hydrogen-bond acceptors (Lipinski definition) is 4. The van der Waals surface area contributed by atoms with Gasteiger partial charge in [-0.3, -0.25) is 4.79 Å². The summed E-state index contributed by atoms with van der Waals surface area (Å²) in [6.45, 7) is 1.24. The summed E-state index contributed by atoms with van der Waals surface area (Å²) in [6, 6.07) is 13.7. The van der Waals surface area contributed by atoms with Crippen molar-refractivity contribution < 1.29 is 18.7 Å². The van der Waals surface area contributed by atoms with E-state index in [1.165, 1.54) is 12.1 Å². The van der Waals surface area contributed by atoms with Crippen molar-refractivity contribution in [3.63, 3.8) is 0 Å². The van der Waals surface area contributed by atoms with Gasteiger partial charge < -0.3 is 19.7 Å². The molecule has 0 aliphatic carbocycles. The Labute approximate surface area is 152 Å². The summed E-state index contributed by atoms with van der Waals surface area (Å²) >= 11 is 0. The van der Waals surface area contributed by atoms with Crippen molar-refractivity contribution in [2.75, 3.05) is 32.1 Å². The SMILES string of the molecule is COc1ccccc1OCC(=O)N1CCC[C@@H](Nc2cccc(F)c2)C1. The summed E-state index contributed by atoms with van der Waals surface area (Å²) in [4.78, 5) is 14.3. The molecule has 0 bridgehead atoms. The van der Waals surface area contributed by atoms with Gasteiger partial charge in [-0.05, 0) is 43.2 Å². The van der Waals surface area contributed by atoms with Gasteiger partial charge in [-0.2, -0.15) is 0 Å². The van der Waals surface area contributed by atoms with E-state index in [9.17, 15) is 9.18 Å². The molecular weight excluding hydrogens is 335 g/mol. The first kappa shape index (κ1) is 18.0. The van der Waals surface area contributed by atoms with E-state index >= 15 is 0 Å². The van der Waals surface area contributed by atoms with Crippen LogP contribution in [0.1, 0.15) is 12.8 Å². The van der Waals surface area contributed by atoms with E-state index in [4.69, 9.17) is 9.47 Å². The van der Waals surface area contributed by atoms with E-state index in [1.54, 1.807) is 30.2 Å². The van der Waals surface area contributed by atoms with E-state index < -0.39 is 0 Å². The number of carbonyl (C=O) groups is 1. The van der Waals surface area contributed by atoms with Crippen molar-refractivity contribution in [3.8, 4) is 11.5 Å². The fraction of sp³-hybridized carbons (Fsp3) is 0.350. The number of hydrogen-bond donors (Lipinski definition) is 1. The summed E-state index contributed by atoms with van der Waals surface area (Å²) < 4.78 is 24.2. The third-order valence-electron chi connectivity index (χ3n) is 4.39. The van der Waals surface area contributed by atoms with Gasteiger partial charge in [-0.1, -0.05) is 18.2 Å². The van der Waals surface area contributed by atoms with Crippen LogP contribution in [0.2, 0.25) is 0 Å². The topological polar surface area (TPSA) is 50.8 Å². The number of halogens is 1. The number of para-hydroxylation sites is 2. The Morgan fingerprint density at radius 1 is 1.23 bits per heavy atom. The zero-order valence-electron chi connectivity index (χ0n) is 14.8. The molecule has 1 N–H and O–H groups in total. The Morgan fingerprint density at radius 3 is 2.81 bits per heavy atom. The van der Waals surface area contributed by atoms with Crippen molar-refractivity contribution in [3.05, 3.63) is 54.3 Å². The van der Waals surface area contributed by atoms with Crippen LogP contribution in [0.25, 0.3) is 0 Å². The van der Waals surface area contributed by atoms with Crippen LogP contribution in [0.4, 0.5) is 10.1 Å². The molecule has 0 saturated carbocycles. The molecule has 1 atom stereocenters. The van der Waals surface area contributed by atoms with E-state index in [0.717, 1.165) is 18.5 Å². The third kappa shape index (κ3) is 4.65. The summed E-state index contributed by atoms with van der Waals surface area (Å²) in [5, 5.41) is 3.30. The molecule has 1 saturated heterocycles. The molecule has 26 heavy (non-hydrogen) atoms. The molecule has 0 unspecified atom stereocenters. The highest BCUT2D eigenvalue weighted by molar-refractivity contribution is 5.78. The maximum atomic E-state index is 13.3. The van der Waals surface area contributed by atoms with Crippen LogP contribution in [0.5, 0.6) is 11.5 Å². The van der Waals surface area contributed by atoms with Crippen LogP contribution in [0, 0.1) is 5.82 Å². The normalized spacial score (nSPS) is 16.8. The number of carbonyl (C=O) groups excluding carboxylic acids is 1. The van der Waals surface area contributed by atoms with Crippen LogP contribution in [0.3, 0.4) is 0 Å². The maximum absolute atomic E-state index is 13.3. The molecule has 1 aliphatic heterocycles. The Kier molecular flexibility index (Phi) is 5.94. The molecule has 1 amide bonds. The first-order valence-electron chi connectivity index (χ1n) is 8.71. The predicted molar refractivity (Wildman–Crippen MR) is 98.1 cm³/mol. The quantitative estimate of drug-likeness (QED) is 0.861. The number of ether oxygens (including phenoxy) is 2. The van der Waals surface area contributed by atoms with Crippen molar-refractivity contribution in [1.29, 1.82) is 0 Å². The average Bonchev–Trinajstić information content (AvgIpc) is 2.66. The smallest absolute Gasteiger partial charge is 0.260 e. The second kappa shape index (κ2) is 8.56. The van der Waals surface area contributed by atoms with Gasteiger partial charge in [0.05, 0.1) is 7.11 Å². The second-order valence-electron chi connectivity index (χ2n) is 6.27. The number of nitrogens with zero attached hydrogens (tertiary/aromatic N) is 1. The number of amides is 1. The number of anilines is 1. The van der Waals surface area contributed by atoms with Crippen LogP contribution in [-0.2, 0) is 4.79 Å². The highest BCUT2D eigenvalue weighted by Crippen LogP contribution is 2.26. The lowest BCUT2D eigenvalue weighted by molar-refractivity contribution is -0.134. The van der Waals surface area contributed by atoms with Gasteiger partial charge in [-0.25, -0.2) is 4.39 Å². The molecule has 138 valence electrons. The van der Waals surface area contributed by atoms with Gasteiger partial charge in [0.15, 0.2) is 18.1 Å². The highest BCUT2D eigenvalue weighted by Gasteiger charge is 2.24. The van der Waals surface area contributed by atoms with Gasteiger partial charge in [0, 0.05) is 24.8 Å². The number of rotatable bonds is 6. The number of likely N-dealkylation sites (tertiary alicyclic amines) is 1. The fourth-order valence-corrected chi connectivity index (χ4v) is 3.10. The zero-order valence-corrected chi connectivity index (χ0v) is 14.8. The number of benzene rings is 2.